The molecule has 0 spiro atoms. The molecule has 2 aromatic carbocycles. The minimum absolute atomic E-state index is 0.255. The van der Waals surface area contributed by atoms with Gasteiger partial charge in [0.25, 0.3) is 0 Å². The summed E-state index contributed by atoms with van der Waals surface area (Å²) in [5, 5.41) is 7.56. The van der Waals surface area contributed by atoms with E-state index in [1.807, 2.05) is 43.5 Å². The first-order valence-electron chi connectivity index (χ1n) is 8.94. The predicted molar refractivity (Wildman–Crippen MR) is 111 cm³/mol. The second-order valence-corrected chi connectivity index (χ2v) is 7.53. The zero-order valence-corrected chi connectivity index (χ0v) is 16.7. The number of benzene rings is 2. The third kappa shape index (κ3) is 6.06. The van der Waals surface area contributed by atoms with Gasteiger partial charge in [-0.3, -0.25) is 4.99 Å². The maximum Gasteiger partial charge on any atom is 0.191 e. The number of halogens is 1. The van der Waals surface area contributed by atoms with Crippen molar-refractivity contribution in [1.82, 2.24) is 15.6 Å². The van der Waals surface area contributed by atoms with Gasteiger partial charge in [-0.2, -0.15) is 0 Å². The predicted octanol–water partition coefficient (Wildman–Crippen LogP) is 4.03. The molecule has 3 rings (SSSR count). The third-order valence-electron chi connectivity index (χ3n) is 3.98. The fraction of sp³-hybridized carbons (Fsp3) is 0.238. The topological polar surface area (TPSA) is 58.5 Å². The number of hydrogen-bond acceptors (Lipinski definition) is 4. The molecule has 0 bridgehead atoms. The van der Waals surface area contributed by atoms with Gasteiger partial charge in [-0.1, -0.05) is 24.3 Å². The maximum absolute atomic E-state index is 13.2. The molecule has 0 unspecified atom stereocenters. The minimum Gasteiger partial charge on any atom is -0.489 e. The zero-order chi connectivity index (χ0) is 19.8. The van der Waals surface area contributed by atoms with E-state index >= 15 is 0 Å². The normalized spacial score (nSPS) is 11.3. The molecule has 0 fully saturated rings. The fourth-order valence-electron chi connectivity index (χ4n) is 2.55. The molecule has 2 N–H and O–H groups in total. The number of thiazole rings is 1. The lowest BCUT2D eigenvalue weighted by molar-refractivity contribution is 0.305. The van der Waals surface area contributed by atoms with Gasteiger partial charge in [0.1, 0.15) is 23.2 Å². The van der Waals surface area contributed by atoms with E-state index in [9.17, 15) is 4.39 Å². The smallest absolute Gasteiger partial charge is 0.191 e. The van der Waals surface area contributed by atoms with E-state index in [2.05, 4.69) is 20.6 Å². The van der Waals surface area contributed by atoms with Crippen molar-refractivity contribution in [2.45, 2.75) is 26.6 Å². The summed E-state index contributed by atoms with van der Waals surface area (Å²) < 4.78 is 18.9. The van der Waals surface area contributed by atoms with Crippen LogP contribution in [0.25, 0.3) is 0 Å². The highest BCUT2D eigenvalue weighted by Crippen LogP contribution is 2.15. The van der Waals surface area contributed by atoms with Gasteiger partial charge in [0.2, 0.25) is 0 Å². The Morgan fingerprint density at radius 1 is 1.11 bits per heavy atom. The Kier molecular flexibility index (Phi) is 6.97. The molecule has 28 heavy (non-hydrogen) atoms. The van der Waals surface area contributed by atoms with Crippen LogP contribution >= 0.6 is 11.3 Å². The van der Waals surface area contributed by atoms with Crippen molar-refractivity contribution in [3.05, 3.63) is 81.6 Å². The van der Waals surface area contributed by atoms with Crippen molar-refractivity contribution in [2.75, 3.05) is 7.05 Å². The summed E-state index contributed by atoms with van der Waals surface area (Å²) in [4.78, 5) is 9.76. The van der Waals surface area contributed by atoms with Crippen LogP contribution in [0.4, 0.5) is 4.39 Å². The average molecular weight is 399 g/mol. The lowest BCUT2D eigenvalue weighted by atomic mass is 10.2. The molecule has 7 heteroatoms. The van der Waals surface area contributed by atoms with Crippen molar-refractivity contribution in [1.29, 1.82) is 0 Å². The van der Waals surface area contributed by atoms with Gasteiger partial charge in [0, 0.05) is 24.7 Å². The van der Waals surface area contributed by atoms with Crippen molar-refractivity contribution < 1.29 is 9.13 Å². The van der Waals surface area contributed by atoms with Gasteiger partial charge >= 0.3 is 0 Å². The monoisotopic (exact) mass is 398 g/mol. The molecule has 0 aliphatic carbocycles. The van der Waals surface area contributed by atoms with E-state index in [4.69, 9.17) is 4.74 Å². The number of hydrogen-bond donors (Lipinski definition) is 2. The Morgan fingerprint density at radius 3 is 2.57 bits per heavy atom. The van der Waals surface area contributed by atoms with Crippen molar-refractivity contribution in [3.8, 4) is 5.75 Å². The standard InChI is InChI=1S/C21H23FN4OS/c1-15-11-24-20(28-15)13-26-21(23-2)25-12-16-6-8-19(9-7-16)27-14-17-4-3-5-18(22)10-17/h3-11H,12-14H2,1-2H3,(H2,23,25,26). The van der Waals surface area contributed by atoms with Gasteiger partial charge in [-0.25, -0.2) is 9.37 Å². The number of nitrogens with zero attached hydrogens (tertiary/aromatic N) is 2. The first-order valence-corrected chi connectivity index (χ1v) is 9.76. The lowest BCUT2D eigenvalue weighted by Crippen LogP contribution is -2.36. The third-order valence-corrected chi connectivity index (χ3v) is 4.89. The Hall–Kier alpha value is -2.93. The second kappa shape index (κ2) is 9.85. The van der Waals surface area contributed by atoms with Crippen LogP contribution in [0.5, 0.6) is 5.75 Å². The molecule has 1 heterocycles. The summed E-state index contributed by atoms with van der Waals surface area (Å²) in [6.07, 6.45) is 1.87. The van der Waals surface area contributed by atoms with E-state index in [1.54, 1.807) is 24.5 Å². The number of aryl methyl sites for hydroxylation is 1. The SMILES string of the molecule is CN=C(NCc1ccc(OCc2cccc(F)c2)cc1)NCc1ncc(C)s1. The molecule has 146 valence electrons. The van der Waals surface area contributed by atoms with Gasteiger partial charge in [-0.05, 0) is 42.3 Å². The summed E-state index contributed by atoms with van der Waals surface area (Å²) in [6, 6.07) is 14.2. The first kappa shape index (κ1) is 19.8. The minimum atomic E-state index is -0.255. The molecule has 0 amide bonds. The molecule has 0 atom stereocenters. The van der Waals surface area contributed by atoms with Gasteiger partial charge < -0.3 is 15.4 Å². The number of aromatic nitrogens is 1. The van der Waals surface area contributed by atoms with Crippen molar-refractivity contribution in [2.24, 2.45) is 4.99 Å². The van der Waals surface area contributed by atoms with Crippen LogP contribution in [-0.2, 0) is 19.7 Å². The number of nitrogens with one attached hydrogen (secondary N) is 2. The molecule has 0 saturated heterocycles. The number of guanidine groups is 1. The van der Waals surface area contributed by atoms with Crippen LogP contribution < -0.4 is 15.4 Å². The van der Waals surface area contributed by atoms with E-state index in [0.717, 1.165) is 27.8 Å². The second-order valence-electron chi connectivity index (χ2n) is 6.21. The highest BCUT2D eigenvalue weighted by Gasteiger charge is 2.03. The highest BCUT2D eigenvalue weighted by atomic mass is 32.1. The van der Waals surface area contributed by atoms with Gasteiger partial charge in [-0.15, -0.1) is 11.3 Å². The van der Waals surface area contributed by atoms with Crippen LogP contribution in [0.2, 0.25) is 0 Å². The molecule has 0 aliphatic rings. The van der Waals surface area contributed by atoms with Gasteiger partial charge in [0.15, 0.2) is 5.96 Å². The van der Waals surface area contributed by atoms with Crippen LogP contribution in [-0.4, -0.2) is 18.0 Å². The summed E-state index contributed by atoms with van der Waals surface area (Å²) in [6.45, 7) is 3.66. The van der Waals surface area contributed by atoms with E-state index in [-0.39, 0.29) is 5.82 Å². The summed E-state index contributed by atoms with van der Waals surface area (Å²) in [5.41, 5.74) is 1.90. The fourth-order valence-corrected chi connectivity index (χ4v) is 3.27. The van der Waals surface area contributed by atoms with Crippen LogP contribution in [0.3, 0.4) is 0 Å². The number of rotatable bonds is 7. The molecule has 3 aromatic rings. The molecule has 0 aliphatic heterocycles. The maximum atomic E-state index is 13.2. The highest BCUT2D eigenvalue weighted by molar-refractivity contribution is 7.11. The first-order chi connectivity index (χ1) is 13.6. The summed E-state index contributed by atoms with van der Waals surface area (Å²) in [7, 11) is 1.74. The quantitative estimate of drug-likeness (QED) is 0.466. The van der Waals surface area contributed by atoms with Crippen molar-refractivity contribution >= 4 is 17.3 Å². The van der Waals surface area contributed by atoms with E-state index in [0.29, 0.717) is 19.7 Å². The lowest BCUT2D eigenvalue weighted by Gasteiger charge is -2.12. The summed E-state index contributed by atoms with van der Waals surface area (Å²) in [5.74, 6) is 1.21. The molecule has 0 saturated carbocycles. The number of ether oxygens (including phenoxy) is 1. The molecule has 1 aromatic heterocycles. The largest absolute Gasteiger partial charge is 0.489 e. The molecule has 0 radical (unpaired) electrons. The van der Waals surface area contributed by atoms with Crippen LogP contribution in [0.15, 0.2) is 59.7 Å². The van der Waals surface area contributed by atoms with Crippen molar-refractivity contribution in [3.63, 3.8) is 0 Å². The Balaban J connectivity index is 1.45. The Morgan fingerprint density at radius 2 is 1.89 bits per heavy atom. The zero-order valence-electron chi connectivity index (χ0n) is 15.9. The Bertz CT molecular complexity index is 924. The number of aliphatic imine (C=N–C) groups is 1. The van der Waals surface area contributed by atoms with Gasteiger partial charge in [0.05, 0.1) is 6.54 Å². The summed E-state index contributed by atoms with van der Waals surface area (Å²) >= 11 is 1.67. The van der Waals surface area contributed by atoms with E-state index < -0.39 is 0 Å². The van der Waals surface area contributed by atoms with Crippen LogP contribution in [0.1, 0.15) is 21.0 Å². The average Bonchev–Trinajstić information content (AvgIpc) is 3.12. The Labute approximate surface area is 168 Å². The molecular weight excluding hydrogens is 375 g/mol. The molecular formula is C21H23FN4OS. The molecule has 5 nitrogen and oxygen atoms in total. The van der Waals surface area contributed by atoms with E-state index in [1.165, 1.54) is 17.0 Å². The van der Waals surface area contributed by atoms with Crippen LogP contribution in [0, 0.1) is 12.7 Å².